The summed E-state index contributed by atoms with van der Waals surface area (Å²) >= 11 is 5.90. The second kappa shape index (κ2) is 9.70. The van der Waals surface area contributed by atoms with Crippen LogP contribution in [0.3, 0.4) is 0 Å². The molecule has 0 aliphatic carbocycles. The Morgan fingerprint density at radius 1 is 0.909 bits per heavy atom. The van der Waals surface area contributed by atoms with E-state index in [1.54, 1.807) is 0 Å². The second-order valence-electron chi connectivity index (χ2n) is 5.72. The van der Waals surface area contributed by atoms with E-state index in [2.05, 4.69) is 12.2 Å². The number of furan rings is 1. The molecule has 0 unspecified atom stereocenters. The van der Waals surface area contributed by atoms with Gasteiger partial charge in [-0.1, -0.05) is 50.6 Å². The van der Waals surface area contributed by atoms with E-state index in [0.29, 0.717) is 0 Å². The Kier molecular flexibility index (Phi) is 7.55. The van der Waals surface area contributed by atoms with Crippen molar-refractivity contribution in [3.8, 4) is 11.3 Å². The van der Waals surface area contributed by atoms with Gasteiger partial charge in [-0.2, -0.15) is 0 Å². The minimum atomic E-state index is 0.746. The zero-order chi connectivity index (χ0) is 15.6. The normalized spacial score (nSPS) is 11.0. The van der Waals surface area contributed by atoms with E-state index in [-0.39, 0.29) is 0 Å². The number of nitrogens with one attached hydrogen (secondary N) is 1. The summed E-state index contributed by atoms with van der Waals surface area (Å²) in [6, 6.07) is 11.8. The maximum Gasteiger partial charge on any atom is 0.134 e. The number of hydrogen-bond donors (Lipinski definition) is 1. The molecule has 1 aromatic heterocycles. The molecule has 0 bridgehead atoms. The lowest BCUT2D eigenvalue weighted by atomic mass is 10.1. The van der Waals surface area contributed by atoms with Crippen LogP contribution in [0.15, 0.2) is 40.8 Å². The molecule has 0 saturated carbocycles. The average molecular weight is 320 g/mol. The molecule has 1 N–H and O–H groups in total. The first kappa shape index (κ1) is 17.1. The zero-order valence-electron chi connectivity index (χ0n) is 13.4. The molecule has 0 spiro atoms. The van der Waals surface area contributed by atoms with Gasteiger partial charge in [-0.25, -0.2) is 0 Å². The predicted octanol–water partition coefficient (Wildman–Crippen LogP) is 6.05. The largest absolute Gasteiger partial charge is 0.460 e. The van der Waals surface area contributed by atoms with Crippen molar-refractivity contribution < 1.29 is 4.42 Å². The summed E-state index contributed by atoms with van der Waals surface area (Å²) in [4.78, 5) is 0. The van der Waals surface area contributed by atoms with E-state index < -0.39 is 0 Å². The Morgan fingerprint density at radius 2 is 1.64 bits per heavy atom. The molecule has 2 aromatic rings. The van der Waals surface area contributed by atoms with Gasteiger partial charge in [0.25, 0.3) is 0 Å². The fourth-order valence-corrected chi connectivity index (χ4v) is 2.61. The summed E-state index contributed by atoms with van der Waals surface area (Å²) in [6.45, 7) is 4.11. The summed E-state index contributed by atoms with van der Waals surface area (Å²) in [5.41, 5.74) is 1.06. The van der Waals surface area contributed by atoms with Crippen molar-refractivity contribution in [1.29, 1.82) is 0 Å². The summed E-state index contributed by atoms with van der Waals surface area (Å²) < 4.78 is 5.86. The van der Waals surface area contributed by atoms with Gasteiger partial charge in [0, 0.05) is 10.6 Å². The van der Waals surface area contributed by atoms with Gasteiger partial charge in [0.15, 0.2) is 0 Å². The Balaban J connectivity index is 1.66. The number of benzene rings is 1. The van der Waals surface area contributed by atoms with Crippen LogP contribution in [0.4, 0.5) is 0 Å². The molecule has 0 saturated heterocycles. The Labute approximate surface area is 138 Å². The molecule has 0 atom stereocenters. The molecule has 1 aromatic carbocycles. The SMILES string of the molecule is CCCCCCCCNCc1ccc(-c2ccc(Cl)cc2)o1. The van der Waals surface area contributed by atoms with Crippen LogP contribution in [0, 0.1) is 0 Å². The smallest absolute Gasteiger partial charge is 0.134 e. The van der Waals surface area contributed by atoms with Gasteiger partial charge in [0.2, 0.25) is 0 Å². The van der Waals surface area contributed by atoms with Crippen LogP contribution in [0.2, 0.25) is 5.02 Å². The van der Waals surface area contributed by atoms with Crippen LogP contribution < -0.4 is 5.32 Å². The molecule has 120 valence electrons. The molecular formula is C19H26ClNO. The number of halogens is 1. The minimum absolute atomic E-state index is 0.746. The third-order valence-electron chi connectivity index (χ3n) is 3.80. The summed E-state index contributed by atoms with van der Waals surface area (Å²) in [5.74, 6) is 1.88. The Morgan fingerprint density at radius 3 is 2.41 bits per heavy atom. The highest BCUT2D eigenvalue weighted by molar-refractivity contribution is 6.30. The molecule has 2 nitrogen and oxygen atoms in total. The van der Waals surface area contributed by atoms with Crippen LogP contribution in [0.25, 0.3) is 11.3 Å². The number of hydrogen-bond acceptors (Lipinski definition) is 2. The third-order valence-corrected chi connectivity index (χ3v) is 4.05. The molecule has 0 fully saturated rings. The van der Waals surface area contributed by atoms with Gasteiger partial charge in [-0.05, 0) is 49.4 Å². The van der Waals surface area contributed by atoms with E-state index >= 15 is 0 Å². The maximum absolute atomic E-state index is 5.90. The summed E-state index contributed by atoms with van der Waals surface area (Å²) in [7, 11) is 0. The van der Waals surface area contributed by atoms with Gasteiger partial charge < -0.3 is 9.73 Å². The molecule has 1 heterocycles. The fourth-order valence-electron chi connectivity index (χ4n) is 2.48. The fraction of sp³-hybridized carbons (Fsp3) is 0.474. The van der Waals surface area contributed by atoms with Crippen molar-refractivity contribution in [2.75, 3.05) is 6.54 Å². The highest BCUT2D eigenvalue weighted by Gasteiger charge is 2.04. The lowest BCUT2D eigenvalue weighted by molar-refractivity contribution is 0.485. The molecule has 22 heavy (non-hydrogen) atoms. The van der Waals surface area contributed by atoms with E-state index in [0.717, 1.165) is 35.2 Å². The molecular weight excluding hydrogens is 294 g/mol. The van der Waals surface area contributed by atoms with E-state index in [4.69, 9.17) is 16.0 Å². The van der Waals surface area contributed by atoms with Gasteiger partial charge in [0.1, 0.15) is 11.5 Å². The van der Waals surface area contributed by atoms with Crippen molar-refractivity contribution in [3.05, 3.63) is 47.2 Å². The molecule has 2 rings (SSSR count). The Bertz CT molecular complexity index is 533. The van der Waals surface area contributed by atoms with Crippen LogP contribution in [-0.4, -0.2) is 6.54 Å². The maximum atomic E-state index is 5.90. The molecule has 0 radical (unpaired) electrons. The van der Waals surface area contributed by atoms with Crippen LogP contribution in [0.1, 0.15) is 51.2 Å². The molecule has 0 aliphatic rings. The number of unbranched alkanes of at least 4 members (excludes halogenated alkanes) is 5. The van der Waals surface area contributed by atoms with E-state index in [1.807, 2.05) is 36.4 Å². The topological polar surface area (TPSA) is 25.2 Å². The van der Waals surface area contributed by atoms with E-state index in [9.17, 15) is 0 Å². The van der Waals surface area contributed by atoms with Gasteiger partial charge >= 0.3 is 0 Å². The van der Waals surface area contributed by atoms with Crippen molar-refractivity contribution >= 4 is 11.6 Å². The van der Waals surface area contributed by atoms with Crippen LogP contribution in [0.5, 0.6) is 0 Å². The second-order valence-corrected chi connectivity index (χ2v) is 6.15. The quantitative estimate of drug-likeness (QED) is 0.539. The average Bonchev–Trinajstić information content (AvgIpc) is 2.99. The first-order valence-corrected chi connectivity index (χ1v) is 8.73. The Hall–Kier alpha value is -1.25. The van der Waals surface area contributed by atoms with Crippen LogP contribution in [-0.2, 0) is 6.54 Å². The highest BCUT2D eigenvalue weighted by atomic mass is 35.5. The first-order chi connectivity index (χ1) is 10.8. The molecule has 3 heteroatoms. The summed E-state index contributed by atoms with van der Waals surface area (Å²) in [5, 5.41) is 4.20. The highest BCUT2D eigenvalue weighted by Crippen LogP contribution is 2.23. The zero-order valence-corrected chi connectivity index (χ0v) is 14.2. The predicted molar refractivity (Wildman–Crippen MR) is 94.2 cm³/mol. The lowest BCUT2D eigenvalue weighted by Gasteiger charge is -2.03. The van der Waals surface area contributed by atoms with Crippen molar-refractivity contribution in [3.63, 3.8) is 0 Å². The standard InChI is InChI=1S/C19H26ClNO/c1-2-3-4-5-6-7-14-21-15-18-12-13-19(22-18)16-8-10-17(20)11-9-16/h8-13,21H,2-7,14-15H2,1H3. The van der Waals surface area contributed by atoms with Crippen molar-refractivity contribution in [2.45, 2.75) is 52.0 Å². The third kappa shape index (κ3) is 5.86. The lowest BCUT2D eigenvalue weighted by Crippen LogP contribution is -2.14. The van der Waals surface area contributed by atoms with Gasteiger partial charge in [-0.15, -0.1) is 0 Å². The summed E-state index contributed by atoms with van der Waals surface area (Å²) in [6.07, 6.45) is 7.98. The monoisotopic (exact) mass is 319 g/mol. The minimum Gasteiger partial charge on any atom is -0.460 e. The first-order valence-electron chi connectivity index (χ1n) is 8.35. The number of rotatable bonds is 10. The van der Waals surface area contributed by atoms with Crippen molar-refractivity contribution in [2.24, 2.45) is 0 Å². The van der Waals surface area contributed by atoms with Crippen molar-refractivity contribution in [1.82, 2.24) is 5.32 Å². The van der Waals surface area contributed by atoms with E-state index in [1.165, 1.54) is 38.5 Å². The molecule has 0 aliphatic heterocycles. The molecule has 0 amide bonds. The van der Waals surface area contributed by atoms with Gasteiger partial charge in [0.05, 0.1) is 6.54 Å². The van der Waals surface area contributed by atoms with Gasteiger partial charge in [-0.3, -0.25) is 0 Å². The van der Waals surface area contributed by atoms with Crippen LogP contribution >= 0.6 is 11.6 Å².